The minimum absolute atomic E-state index is 0.741. The van der Waals surface area contributed by atoms with Crippen molar-refractivity contribution in [2.24, 2.45) is 0 Å². The number of nitrogens with zero attached hydrogens (tertiary/aromatic N) is 1. The van der Waals surface area contributed by atoms with Gasteiger partial charge in [-0.05, 0) is 19.4 Å². The summed E-state index contributed by atoms with van der Waals surface area (Å²) in [4.78, 5) is 0. The van der Waals surface area contributed by atoms with E-state index in [1.165, 1.54) is 5.56 Å². The second-order valence-corrected chi connectivity index (χ2v) is 2.66. The van der Waals surface area contributed by atoms with Crippen molar-refractivity contribution in [3.05, 3.63) is 17.0 Å². The molecular formula is C10H20N2O. The lowest BCUT2D eigenvalue weighted by atomic mass is 10.2. The molecule has 0 fully saturated rings. The maximum Gasteiger partial charge on any atom is 0.0676 e. The third-order valence-electron chi connectivity index (χ3n) is 1.90. The van der Waals surface area contributed by atoms with Crippen molar-refractivity contribution >= 4 is 0 Å². The topological polar surface area (TPSA) is 37.9 Å². The van der Waals surface area contributed by atoms with Gasteiger partial charge in [-0.2, -0.15) is 5.10 Å². The molecule has 0 aliphatic heterocycles. The Morgan fingerprint density at radius 1 is 1.31 bits per heavy atom. The maximum atomic E-state index is 4.96. The number of H-pyrrole nitrogens is 1. The lowest BCUT2D eigenvalue weighted by Gasteiger charge is -1.95. The molecule has 1 heterocycles. The Hall–Kier alpha value is -0.830. The van der Waals surface area contributed by atoms with E-state index in [1.54, 1.807) is 7.11 Å². The molecule has 0 spiro atoms. The summed E-state index contributed by atoms with van der Waals surface area (Å²) in [5.74, 6) is 0. The molecule has 0 unspecified atom stereocenters. The number of aromatic nitrogens is 2. The van der Waals surface area contributed by atoms with E-state index in [1.807, 2.05) is 20.8 Å². The van der Waals surface area contributed by atoms with E-state index in [0.29, 0.717) is 0 Å². The Labute approximate surface area is 80.5 Å². The fourth-order valence-corrected chi connectivity index (χ4v) is 0.978. The Morgan fingerprint density at radius 3 is 2.31 bits per heavy atom. The van der Waals surface area contributed by atoms with Crippen molar-refractivity contribution in [2.45, 2.75) is 34.1 Å². The zero-order chi connectivity index (χ0) is 10.3. The van der Waals surface area contributed by atoms with E-state index in [2.05, 4.69) is 17.1 Å². The quantitative estimate of drug-likeness (QED) is 0.782. The second kappa shape index (κ2) is 6.66. The van der Waals surface area contributed by atoms with Gasteiger partial charge in [-0.25, -0.2) is 0 Å². The Morgan fingerprint density at radius 2 is 1.92 bits per heavy atom. The maximum absolute atomic E-state index is 4.96. The van der Waals surface area contributed by atoms with E-state index in [9.17, 15) is 0 Å². The second-order valence-electron chi connectivity index (χ2n) is 2.66. The van der Waals surface area contributed by atoms with Gasteiger partial charge < -0.3 is 4.74 Å². The molecule has 0 saturated carbocycles. The largest absolute Gasteiger partial charge is 0.384 e. The minimum Gasteiger partial charge on any atom is -0.384 e. The fourth-order valence-electron chi connectivity index (χ4n) is 0.978. The van der Waals surface area contributed by atoms with Gasteiger partial charge in [0.2, 0.25) is 0 Å². The monoisotopic (exact) mass is 184 g/mol. The standard InChI is InChI=1S/C8H14N2O.C2H6/c1-6-7(2)9-10-8(6)4-5-11-3;1-2/h4-5H2,1-3H3,(H,9,10);1-2H3. The van der Waals surface area contributed by atoms with Crippen LogP contribution < -0.4 is 0 Å². The molecule has 1 rings (SSSR count). The molecule has 3 heteroatoms. The van der Waals surface area contributed by atoms with Crippen molar-refractivity contribution in [1.29, 1.82) is 0 Å². The molecule has 0 amide bonds. The summed E-state index contributed by atoms with van der Waals surface area (Å²) >= 11 is 0. The molecule has 3 nitrogen and oxygen atoms in total. The number of aromatic amines is 1. The summed E-state index contributed by atoms with van der Waals surface area (Å²) in [6, 6.07) is 0. The highest BCUT2D eigenvalue weighted by Crippen LogP contribution is 2.08. The Kier molecular flexibility index (Phi) is 6.24. The molecule has 0 bridgehead atoms. The third kappa shape index (κ3) is 3.59. The highest BCUT2D eigenvalue weighted by atomic mass is 16.5. The zero-order valence-corrected chi connectivity index (χ0v) is 9.27. The minimum atomic E-state index is 0.741. The van der Waals surface area contributed by atoms with Gasteiger partial charge in [0.25, 0.3) is 0 Å². The van der Waals surface area contributed by atoms with Crippen LogP contribution in [0.1, 0.15) is 30.8 Å². The number of hydrogen-bond acceptors (Lipinski definition) is 2. The van der Waals surface area contributed by atoms with E-state index in [0.717, 1.165) is 24.4 Å². The number of aryl methyl sites for hydroxylation is 1. The molecule has 0 aliphatic rings. The molecule has 0 aliphatic carbocycles. The van der Waals surface area contributed by atoms with Crippen LogP contribution in [0.4, 0.5) is 0 Å². The van der Waals surface area contributed by atoms with Crippen LogP contribution >= 0.6 is 0 Å². The van der Waals surface area contributed by atoms with Gasteiger partial charge >= 0.3 is 0 Å². The highest BCUT2D eigenvalue weighted by molar-refractivity contribution is 5.22. The number of rotatable bonds is 3. The zero-order valence-electron chi connectivity index (χ0n) is 9.27. The lowest BCUT2D eigenvalue weighted by molar-refractivity contribution is 0.201. The van der Waals surface area contributed by atoms with E-state index < -0.39 is 0 Å². The van der Waals surface area contributed by atoms with Gasteiger partial charge in [-0.1, -0.05) is 13.8 Å². The number of methoxy groups -OCH3 is 1. The van der Waals surface area contributed by atoms with Crippen LogP contribution in [-0.4, -0.2) is 23.9 Å². The summed E-state index contributed by atoms with van der Waals surface area (Å²) in [6.45, 7) is 8.84. The first-order valence-corrected chi connectivity index (χ1v) is 4.75. The first kappa shape index (κ1) is 12.2. The molecule has 0 radical (unpaired) electrons. The van der Waals surface area contributed by atoms with Crippen LogP contribution in [-0.2, 0) is 11.2 Å². The summed E-state index contributed by atoms with van der Waals surface area (Å²) in [5.41, 5.74) is 3.52. The van der Waals surface area contributed by atoms with Gasteiger partial charge in [-0.3, -0.25) is 5.10 Å². The normalized spacial score (nSPS) is 9.31. The predicted molar refractivity (Wildman–Crippen MR) is 55.0 cm³/mol. The fraction of sp³-hybridized carbons (Fsp3) is 0.700. The molecule has 1 N–H and O–H groups in total. The first-order valence-electron chi connectivity index (χ1n) is 4.75. The summed E-state index contributed by atoms with van der Waals surface area (Å²) in [5, 5.41) is 7.09. The van der Waals surface area contributed by atoms with Crippen LogP contribution in [0, 0.1) is 13.8 Å². The van der Waals surface area contributed by atoms with Crippen LogP contribution in [0.25, 0.3) is 0 Å². The van der Waals surface area contributed by atoms with Crippen molar-refractivity contribution < 1.29 is 4.74 Å². The molecular weight excluding hydrogens is 164 g/mol. The van der Waals surface area contributed by atoms with Crippen LogP contribution in [0.3, 0.4) is 0 Å². The van der Waals surface area contributed by atoms with Crippen molar-refractivity contribution in [2.75, 3.05) is 13.7 Å². The van der Waals surface area contributed by atoms with Gasteiger partial charge in [-0.15, -0.1) is 0 Å². The number of nitrogens with one attached hydrogen (secondary N) is 1. The first-order chi connectivity index (χ1) is 6.25. The Balaban J connectivity index is 0.000000671. The van der Waals surface area contributed by atoms with E-state index >= 15 is 0 Å². The Bertz CT molecular complexity index is 231. The van der Waals surface area contributed by atoms with Gasteiger partial charge in [0.05, 0.1) is 12.3 Å². The average molecular weight is 184 g/mol. The summed E-state index contributed by atoms with van der Waals surface area (Å²) < 4.78 is 4.96. The summed E-state index contributed by atoms with van der Waals surface area (Å²) in [6.07, 6.45) is 0.896. The van der Waals surface area contributed by atoms with Gasteiger partial charge in [0.1, 0.15) is 0 Å². The smallest absolute Gasteiger partial charge is 0.0676 e. The molecule has 0 aromatic carbocycles. The molecule has 76 valence electrons. The molecule has 1 aromatic heterocycles. The third-order valence-corrected chi connectivity index (χ3v) is 1.90. The number of hydrogen-bond donors (Lipinski definition) is 1. The summed E-state index contributed by atoms with van der Waals surface area (Å²) in [7, 11) is 1.70. The van der Waals surface area contributed by atoms with Gasteiger partial charge in [0, 0.05) is 19.2 Å². The lowest BCUT2D eigenvalue weighted by Crippen LogP contribution is -1.96. The molecule has 0 saturated heterocycles. The molecule has 1 aromatic rings. The van der Waals surface area contributed by atoms with Crippen molar-refractivity contribution in [1.82, 2.24) is 10.2 Å². The van der Waals surface area contributed by atoms with Gasteiger partial charge in [0.15, 0.2) is 0 Å². The number of ether oxygens (including phenoxy) is 1. The highest BCUT2D eigenvalue weighted by Gasteiger charge is 2.03. The van der Waals surface area contributed by atoms with E-state index in [-0.39, 0.29) is 0 Å². The molecule has 0 atom stereocenters. The van der Waals surface area contributed by atoms with Crippen molar-refractivity contribution in [3.63, 3.8) is 0 Å². The van der Waals surface area contributed by atoms with Crippen LogP contribution in [0.2, 0.25) is 0 Å². The van der Waals surface area contributed by atoms with Crippen molar-refractivity contribution in [3.8, 4) is 0 Å². The van der Waals surface area contributed by atoms with Crippen LogP contribution in [0.5, 0.6) is 0 Å². The van der Waals surface area contributed by atoms with Crippen LogP contribution in [0.15, 0.2) is 0 Å². The SMILES string of the molecule is CC.COCCc1n[nH]c(C)c1C. The predicted octanol–water partition coefficient (Wildman–Crippen LogP) is 2.24. The average Bonchev–Trinajstić information content (AvgIpc) is 2.48. The van der Waals surface area contributed by atoms with E-state index in [4.69, 9.17) is 4.74 Å². The molecule has 13 heavy (non-hydrogen) atoms.